The van der Waals surface area contributed by atoms with Crippen molar-refractivity contribution in [1.82, 2.24) is 0 Å². The molecule has 0 aromatic rings. The van der Waals surface area contributed by atoms with E-state index in [0.29, 0.717) is 0 Å². The fraction of sp³-hybridized carbons (Fsp3) is 0.600. The third-order valence-corrected chi connectivity index (χ3v) is 0.963. The van der Waals surface area contributed by atoms with Gasteiger partial charge in [-0.05, 0) is 0 Å². The van der Waals surface area contributed by atoms with Crippen LogP contribution in [0.2, 0.25) is 0 Å². The van der Waals surface area contributed by atoms with Crippen LogP contribution in [0.15, 0.2) is 0 Å². The molecule has 4 nitrogen and oxygen atoms in total. The van der Waals surface area contributed by atoms with E-state index in [4.69, 9.17) is 21.8 Å². The van der Waals surface area contributed by atoms with Crippen LogP contribution in [0, 0.1) is 0 Å². The van der Waals surface area contributed by atoms with Crippen LogP contribution in [0.3, 0.4) is 0 Å². The maximum Gasteiger partial charge on any atom is 0.322 e. The Morgan fingerprint density at radius 2 is 1.80 bits per heavy atom. The van der Waals surface area contributed by atoms with Crippen molar-refractivity contribution < 1.29 is 19.8 Å². The molecule has 2 N–H and O–H groups in total. The summed E-state index contributed by atoms with van der Waals surface area (Å²) in [6.45, 7) is 0. The first-order chi connectivity index (χ1) is 4.04. The average molecular weight is 169 g/mol. The van der Waals surface area contributed by atoms with Crippen LogP contribution in [0.25, 0.3) is 0 Å². The van der Waals surface area contributed by atoms with Crippen LogP contribution in [-0.4, -0.2) is 27.5 Å². The van der Waals surface area contributed by atoms with Crippen LogP contribution in [0.1, 0.15) is 13.8 Å². The Labute approximate surface area is 63.4 Å². The van der Waals surface area contributed by atoms with E-state index < -0.39 is 23.7 Å². The summed E-state index contributed by atoms with van der Waals surface area (Å²) in [4.78, 5) is 19.6. The summed E-state index contributed by atoms with van der Waals surface area (Å²) >= 11 is 5.03. The first kappa shape index (κ1) is 12.0. The average Bonchev–Trinajstić information content (AvgIpc) is 1.63. The number of carboxylic acid groups (broad SMARTS) is 2. The molecule has 0 radical (unpaired) electrons. The zero-order chi connectivity index (χ0) is 7.44. The molecule has 0 fully saturated rings. The molecule has 0 saturated carbocycles. The summed E-state index contributed by atoms with van der Waals surface area (Å²) in [6.07, 6.45) is -0.545. The van der Waals surface area contributed by atoms with Gasteiger partial charge in [-0.2, -0.15) is 0 Å². The molecule has 60 valence electrons. The van der Waals surface area contributed by atoms with Crippen molar-refractivity contribution in [1.29, 1.82) is 0 Å². The highest BCUT2D eigenvalue weighted by Crippen LogP contribution is 2.00. The number of hydrogen-bond acceptors (Lipinski definition) is 2. The molecular formula is C5H9ClO4. The number of aliphatic carboxylic acids is 2. The molecule has 0 aliphatic rings. The molecule has 1 atom stereocenters. The Hall–Kier alpha value is -0.770. The van der Waals surface area contributed by atoms with E-state index in [-0.39, 0.29) is 7.43 Å². The second-order valence-electron chi connectivity index (χ2n) is 1.40. The lowest BCUT2D eigenvalue weighted by molar-refractivity contribution is -0.143. The number of carboxylic acids is 2. The van der Waals surface area contributed by atoms with Crippen molar-refractivity contribution in [2.45, 2.75) is 19.2 Å². The molecule has 0 aliphatic carbocycles. The van der Waals surface area contributed by atoms with Gasteiger partial charge in [0, 0.05) is 0 Å². The number of hydrogen-bond donors (Lipinski definition) is 2. The van der Waals surface area contributed by atoms with Gasteiger partial charge in [0.1, 0.15) is 5.38 Å². The highest BCUT2D eigenvalue weighted by atomic mass is 35.5. The zero-order valence-corrected chi connectivity index (χ0v) is 5.13. The number of rotatable bonds is 3. The molecule has 0 rings (SSSR count). The van der Waals surface area contributed by atoms with Crippen LogP contribution in [0.5, 0.6) is 0 Å². The van der Waals surface area contributed by atoms with E-state index in [2.05, 4.69) is 0 Å². The van der Waals surface area contributed by atoms with Crippen molar-refractivity contribution in [3.05, 3.63) is 0 Å². The minimum atomic E-state index is -1.32. The van der Waals surface area contributed by atoms with Crippen molar-refractivity contribution in [3.63, 3.8) is 0 Å². The van der Waals surface area contributed by atoms with Crippen molar-refractivity contribution >= 4 is 23.5 Å². The van der Waals surface area contributed by atoms with Gasteiger partial charge >= 0.3 is 11.9 Å². The maximum atomic E-state index is 9.84. The Morgan fingerprint density at radius 3 is 1.90 bits per heavy atom. The maximum absolute atomic E-state index is 9.84. The first-order valence-electron chi connectivity index (χ1n) is 2.12. The predicted octanol–water partition coefficient (Wildman–Crippen LogP) is 0.789. The summed E-state index contributed by atoms with van der Waals surface area (Å²) in [5.74, 6) is -2.52. The van der Waals surface area contributed by atoms with Gasteiger partial charge in [-0.3, -0.25) is 9.59 Å². The molecule has 0 saturated heterocycles. The van der Waals surface area contributed by atoms with Crippen LogP contribution in [0.4, 0.5) is 0 Å². The summed E-state index contributed by atoms with van der Waals surface area (Å²) in [7, 11) is 0. The second-order valence-corrected chi connectivity index (χ2v) is 1.93. The SMILES string of the molecule is C.O=C(O)C[C@H](Cl)C(=O)O. The number of carbonyl (C=O) groups is 2. The van der Waals surface area contributed by atoms with Gasteiger partial charge in [0.15, 0.2) is 0 Å². The normalized spacial score (nSPS) is 11.3. The largest absolute Gasteiger partial charge is 0.481 e. The van der Waals surface area contributed by atoms with E-state index in [1.807, 2.05) is 0 Å². The molecule has 0 aromatic carbocycles. The van der Waals surface area contributed by atoms with Gasteiger partial charge in [-0.15, -0.1) is 11.6 Å². The first-order valence-corrected chi connectivity index (χ1v) is 2.56. The summed E-state index contributed by atoms with van der Waals surface area (Å²) < 4.78 is 0. The third-order valence-electron chi connectivity index (χ3n) is 0.622. The molecule has 0 heterocycles. The topological polar surface area (TPSA) is 74.6 Å². The molecule has 10 heavy (non-hydrogen) atoms. The van der Waals surface area contributed by atoms with Gasteiger partial charge in [0.25, 0.3) is 0 Å². The summed E-state index contributed by atoms with van der Waals surface area (Å²) in [5, 5.41) is 14.7. The monoisotopic (exact) mass is 168 g/mol. The van der Waals surface area contributed by atoms with Crippen LogP contribution < -0.4 is 0 Å². The second kappa shape index (κ2) is 5.05. The molecular weight excluding hydrogens is 160 g/mol. The minimum Gasteiger partial charge on any atom is -0.481 e. The highest BCUT2D eigenvalue weighted by Gasteiger charge is 2.16. The van der Waals surface area contributed by atoms with Crippen LogP contribution >= 0.6 is 11.6 Å². The summed E-state index contributed by atoms with van der Waals surface area (Å²) in [6, 6.07) is 0. The zero-order valence-electron chi connectivity index (χ0n) is 4.37. The molecule has 0 amide bonds. The van der Waals surface area contributed by atoms with Gasteiger partial charge in [-0.25, -0.2) is 0 Å². The van der Waals surface area contributed by atoms with E-state index in [1.54, 1.807) is 0 Å². The van der Waals surface area contributed by atoms with E-state index in [1.165, 1.54) is 0 Å². The molecule has 0 unspecified atom stereocenters. The van der Waals surface area contributed by atoms with Crippen molar-refractivity contribution in [3.8, 4) is 0 Å². The molecule has 0 spiro atoms. The van der Waals surface area contributed by atoms with Crippen molar-refractivity contribution in [2.75, 3.05) is 0 Å². The molecule has 0 bridgehead atoms. The Balaban J connectivity index is 0. The van der Waals surface area contributed by atoms with E-state index in [9.17, 15) is 9.59 Å². The van der Waals surface area contributed by atoms with Gasteiger partial charge < -0.3 is 10.2 Å². The van der Waals surface area contributed by atoms with Crippen LogP contribution in [-0.2, 0) is 9.59 Å². The standard InChI is InChI=1S/C4H5ClO4.CH4/c5-2(4(8)9)1-3(6)7;/h2H,1H2,(H,6,7)(H,8,9);1H4/t2-;/m0./s1. The third kappa shape index (κ3) is 5.37. The Kier molecular flexibility index (Phi) is 6.04. The minimum absolute atomic E-state index is 0. The van der Waals surface area contributed by atoms with Crippen molar-refractivity contribution in [2.24, 2.45) is 0 Å². The van der Waals surface area contributed by atoms with Gasteiger partial charge in [-0.1, -0.05) is 7.43 Å². The lowest BCUT2D eigenvalue weighted by Crippen LogP contribution is -2.17. The fourth-order valence-electron chi connectivity index (χ4n) is 0.241. The number of halogens is 1. The molecule has 0 aromatic heterocycles. The van der Waals surface area contributed by atoms with E-state index in [0.717, 1.165) is 0 Å². The molecule has 0 aliphatic heterocycles. The van der Waals surface area contributed by atoms with E-state index >= 15 is 0 Å². The summed E-state index contributed by atoms with van der Waals surface area (Å²) in [5.41, 5.74) is 0. The highest BCUT2D eigenvalue weighted by molar-refractivity contribution is 6.30. The predicted molar refractivity (Wildman–Crippen MR) is 36.3 cm³/mol. The quantitative estimate of drug-likeness (QED) is 0.611. The lowest BCUT2D eigenvalue weighted by Gasteiger charge is -1.96. The number of alkyl halides is 1. The Morgan fingerprint density at radius 1 is 1.40 bits per heavy atom. The van der Waals surface area contributed by atoms with Gasteiger partial charge in [0.2, 0.25) is 0 Å². The molecule has 5 heteroatoms. The lowest BCUT2D eigenvalue weighted by atomic mass is 10.3. The smallest absolute Gasteiger partial charge is 0.322 e. The Bertz CT molecular complexity index is 134. The van der Waals surface area contributed by atoms with Gasteiger partial charge in [0.05, 0.1) is 6.42 Å². The fourth-order valence-corrected chi connectivity index (χ4v) is 0.373.